The molecule has 0 amide bonds. The van der Waals surface area contributed by atoms with Crippen LogP contribution in [0.2, 0.25) is 0 Å². The van der Waals surface area contributed by atoms with Gasteiger partial charge in [0.1, 0.15) is 10.3 Å². The van der Waals surface area contributed by atoms with Gasteiger partial charge in [-0.1, -0.05) is 0 Å². The van der Waals surface area contributed by atoms with Gasteiger partial charge >= 0.3 is 5.97 Å². The third-order valence-electron chi connectivity index (χ3n) is 1.65. The third kappa shape index (κ3) is 2.98. The van der Waals surface area contributed by atoms with E-state index in [9.17, 15) is 14.9 Å². The average molecular weight is 275 g/mol. The second-order valence-corrected chi connectivity index (χ2v) is 3.42. The summed E-state index contributed by atoms with van der Waals surface area (Å²) >= 11 is 3.07. The normalized spacial score (nSPS) is 9.73. The molecule has 1 heterocycles. The molecular formula is C8H7BrN2O4. The number of ether oxygens (including phenoxy) is 1. The Morgan fingerprint density at radius 2 is 2.33 bits per heavy atom. The smallest absolute Gasteiger partial charge is 0.311 e. The number of hydrogen-bond donors (Lipinski definition) is 0. The molecule has 0 unspecified atom stereocenters. The zero-order valence-electron chi connectivity index (χ0n) is 7.77. The van der Waals surface area contributed by atoms with Crippen LogP contribution < -0.4 is 0 Å². The Kier molecular flexibility index (Phi) is 3.73. The zero-order chi connectivity index (χ0) is 11.4. The van der Waals surface area contributed by atoms with Crippen molar-refractivity contribution in [3.63, 3.8) is 0 Å². The molecular weight excluding hydrogens is 268 g/mol. The van der Waals surface area contributed by atoms with Gasteiger partial charge < -0.3 is 4.74 Å². The predicted molar refractivity (Wildman–Crippen MR) is 54.3 cm³/mol. The highest BCUT2D eigenvalue weighted by molar-refractivity contribution is 9.10. The van der Waals surface area contributed by atoms with Crippen LogP contribution in [0.3, 0.4) is 0 Å². The highest BCUT2D eigenvalue weighted by Gasteiger charge is 2.18. The molecule has 0 bridgehead atoms. The van der Waals surface area contributed by atoms with E-state index in [1.807, 2.05) is 0 Å². The van der Waals surface area contributed by atoms with Crippen LogP contribution in [0.5, 0.6) is 0 Å². The van der Waals surface area contributed by atoms with Crippen LogP contribution >= 0.6 is 15.9 Å². The van der Waals surface area contributed by atoms with Crippen LogP contribution in [0.4, 0.5) is 5.69 Å². The number of rotatable bonds is 3. The summed E-state index contributed by atoms with van der Waals surface area (Å²) in [6, 6.07) is 2.73. The lowest BCUT2D eigenvalue weighted by atomic mass is 10.2. The molecule has 15 heavy (non-hydrogen) atoms. The lowest BCUT2D eigenvalue weighted by Crippen LogP contribution is -2.08. The number of methoxy groups -OCH3 is 1. The van der Waals surface area contributed by atoms with Gasteiger partial charge in [0.25, 0.3) is 5.69 Å². The van der Waals surface area contributed by atoms with Crippen LogP contribution in [0, 0.1) is 10.1 Å². The second-order valence-electron chi connectivity index (χ2n) is 2.61. The number of esters is 1. The van der Waals surface area contributed by atoms with Crippen LogP contribution in [0.25, 0.3) is 0 Å². The largest absolute Gasteiger partial charge is 0.469 e. The van der Waals surface area contributed by atoms with Gasteiger partial charge in [0, 0.05) is 6.07 Å². The lowest BCUT2D eigenvalue weighted by molar-refractivity contribution is -0.385. The molecule has 0 spiro atoms. The summed E-state index contributed by atoms with van der Waals surface area (Å²) in [5.41, 5.74) is -0.107. The van der Waals surface area contributed by atoms with E-state index in [0.717, 1.165) is 0 Å². The van der Waals surface area contributed by atoms with Crippen LogP contribution in [-0.2, 0) is 16.0 Å². The van der Waals surface area contributed by atoms with E-state index in [0.29, 0.717) is 4.60 Å². The van der Waals surface area contributed by atoms with Crippen LogP contribution in [0.15, 0.2) is 16.7 Å². The highest BCUT2D eigenvalue weighted by atomic mass is 79.9. The van der Waals surface area contributed by atoms with E-state index < -0.39 is 10.9 Å². The van der Waals surface area contributed by atoms with Gasteiger partial charge in [-0.15, -0.1) is 0 Å². The van der Waals surface area contributed by atoms with E-state index in [2.05, 4.69) is 25.7 Å². The molecule has 0 aromatic carbocycles. The van der Waals surface area contributed by atoms with Crippen molar-refractivity contribution < 1.29 is 14.5 Å². The molecule has 0 atom stereocenters. The minimum Gasteiger partial charge on any atom is -0.469 e. The van der Waals surface area contributed by atoms with Crippen molar-refractivity contribution in [2.75, 3.05) is 7.11 Å². The summed E-state index contributed by atoms with van der Waals surface area (Å²) in [7, 11) is 1.21. The van der Waals surface area contributed by atoms with Crippen molar-refractivity contribution in [3.05, 3.63) is 32.5 Å². The first-order valence-corrected chi connectivity index (χ1v) is 4.70. The summed E-state index contributed by atoms with van der Waals surface area (Å²) in [4.78, 5) is 24.8. The average Bonchev–Trinajstić information content (AvgIpc) is 2.17. The Morgan fingerprint density at radius 3 is 2.87 bits per heavy atom. The summed E-state index contributed by atoms with van der Waals surface area (Å²) < 4.78 is 4.85. The monoisotopic (exact) mass is 274 g/mol. The van der Waals surface area contributed by atoms with E-state index in [1.54, 1.807) is 0 Å². The van der Waals surface area contributed by atoms with Gasteiger partial charge in [-0.2, -0.15) is 0 Å². The van der Waals surface area contributed by atoms with Gasteiger partial charge in [-0.05, 0) is 22.0 Å². The fraction of sp³-hybridized carbons (Fsp3) is 0.250. The number of aromatic nitrogens is 1. The number of nitrogens with zero attached hydrogens (tertiary/aromatic N) is 2. The molecule has 0 radical (unpaired) electrons. The lowest BCUT2D eigenvalue weighted by Gasteiger charge is -2.01. The SMILES string of the molecule is COC(=O)Cc1nc(Br)ccc1[N+](=O)[O-]. The molecule has 1 rings (SSSR count). The molecule has 7 heteroatoms. The Labute approximate surface area is 93.5 Å². The molecule has 0 saturated carbocycles. The Bertz CT molecular complexity index is 408. The minimum atomic E-state index is -0.586. The van der Waals surface area contributed by atoms with Crippen molar-refractivity contribution in [1.29, 1.82) is 0 Å². The molecule has 0 fully saturated rings. The Morgan fingerprint density at radius 1 is 1.67 bits per heavy atom. The van der Waals surface area contributed by atoms with Crippen LogP contribution in [0.1, 0.15) is 5.69 Å². The zero-order valence-corrected chi connectivity index (χ0v) is 9.35. The van der Waals surface area contributed by atoms with Crippen molar-refractivity contribution in [1.82, 2.24) is 4.98 Å². The molecule has 1 aromatic rings. The van der Waals surface area contributed by atoms with Gasteiger partial charge in [-0.3, -0.25) is 14.9 Å². The minimum absolute atomic E-state index is 0.0845. The highest BCUT2D eigenvalue weighted by Crippen LogP contribution is 2.19. The summed E-state index contributed by atoms with van der Waals surface area (Å²) in [6.45, 7) is 0. The first kappa shape index (κ1) is 11.6. The molecule has 0 aliphatic heterocycles. The quantitative estimate of drug-likeness (QED) is 0.361. The number of carbonyl (C=O) groups excluding carboxylic acids is 1. The van der Waals surface area contributed by atoms with Gasteiger partial charge in [0.2, 0.25) is 0 Å². The second kappa shape index (κ2) is 4.83. The van der Waals surface area contributed by atoms with E-state index in [-0.39, 0.29) is 17.8 Å². The van der Waals surface area contributed by atoms with Crippen molar-refractivity contribution in [3.8, 4) is 0 Å². The first-order valence-electron chi connectivity index (χ1n) is 3.91. The standard InChI is InChI=1S/C8H7BrN2O4/c1-15-8(12)4-5-6(11(13)14)2-3-7(9)10-5/h2-3H,4H2,1H3. The number of pyridine rings is 1. The number of carbonyl (C=O) groups is 1. The summed E-state index contributed by atoms with van der Waals surface area (Å²) in [5, 5.41) is 10.6. The van der Waals surface area contributed by atoms with Crippen molar-refractivity contribution in [2.45, 2.75) is 6.42 Å². The Hall–Kier alpha value is -1.50. The van der Waals surface area contributed by atoms with E-state index in [4.69, 9.17) is 0 Å². The molecule has 1 aromatic heterocycles. The fourth-order valence-electron chi connectivity index (χ4n) is 0.973. The number of nitro groups is 1. The molecule has 0 N–H and O–H groups in total. The predicted octanol–water partition coefficient (Wildman–Crippen LogP) is 1.47. The summed E-state index contributed by atoms with van der Waals surface area (Å²) in [5.74, 6) is -0.566. The molecule has 0 aliphatic carbocycles. The van der Waals surface area contributed by atoms with E-state index >= 15 is 0 Å². The fourth-order valence-corrected chi connectivity index (χ4v) is 1.32. The maximum atomic E-state index is 11.0. The van der Waals surface area contributed by atoms with E-state index in [1.165, 1.54) is 19.2 Å². The summed E-state index contributed by atoms with van der Waals surface area (Å²) in [6.07, 6.45) is -0.216. The van der Waals surface area contributed by atoms with Gasteiger partial charge in [0.15, 0.2) is 0 Å². The molecule has 0 aliphatic rings. The number of hydrogen-bond acceptors (Lipinski definition) is 5. The topological polar surface area (TPSA) is 82.3 Å². The molecule has 0 saturated heterocycles. The van der Waals surface area contributed by atoms with Crippen molar-refractivity contribution >= 4 is 27.6 Å². The first-order chi connectivity index (χ1) is 7.04. The maximum absolute atomic E-state index is 11.0. The molecule has 6 nitrogen and oxygen atoms in total. The van der Waals surface area contributed by atoms with Gasteiger partial charge in [0.05, 0.1) is 18.5 Å². The van der Waals surface area contributed by atoms with Crippen molar-refractivity contribution in [2.24, 2.45) is 0 Å². The Balaban J connectivity index is 3.07. The maximum Gasteiger partial charge on any atom is 0.311 e. The van der Waals surface area contributed by atoms with Gasteiger partial charge in [-0.25, -0.2) is 4.98 Å². The molecule has 80 valence electrons. The third-order valence-corrected chi connectivity index (χ3v) is 2.09. The van der Waals surface area contributed by atoms with Crippen LogP contribution in [-0.4, -0.2) is 23.0 Å². The number of halogens is 1.